The summed E-state index contributed by atoms with van der Waals surface area (Å²) in [5.41, 5.74) is 1.36. The Balaban J connectivity index is 1.78. The number of hydrogen-bond donors (Lipinski definition) is 1. The maximum absolute atomic E-state index is 12.4. The first-order valence-corrected chi connectivity index (χ1v) is 9.66. The van der Waals surface area contributed by atoms with Crippen LogP contribution in [0.5, 0.6) is 17.2 Å². The number of methoxy groups -OCH3 is 1. The zero-order chi connectivity index (χ0) is 20.8. The van der Waals surface area contributed by atoms with Gasteiger partial charge >= 0.3 is 5.97 Å². The van der Waals surface area contributed by atoms with Crippen molar-refractivity contribution < 1.29 is 28.6 Å². The quantitative estimate of drug-likeness (QED) is 0.422. The molecule has 0 saturated carbocycles. The van der Waals surface area contributed by atoms with Gasteiger partial charge in [-0.15, -0.1) is 0 Å². The molecule has 0 spiro atoms. The molecule has 1 fully saturated rings. The van der Waals surface area contributed by atoms with Gasteiger partial charge in [0.25, 0.3) is 11.1 Å². The zero-order valence-electron chi connectivity index (χ0n) is 15.9. The van der Waals surface area contributed by atoms with Gasteiger partial charge in [-0.05, 0) is 48.5 Å². The van der Waals surface area contributed by atoms with Crippen LogP contribution in [0.25, 0.3) is 6.08 Å². The molecule has 3 rings (SSSR count). The molecule has 1 saturated heterocycles. The van der Waals surface area contributed by atoms with Gasteiger partial charge in [0.2, 0.25) is 0 Å². The summed E-state index contributed by atoms with van der Waals surface area (Å²) in [6.45, 7) is 2.18. The molecular formula is C21H19NO6S. The van der Waals surface area contributed by atoms with E-state index in [9.17, 15) is 14.4 Å². The molecule has 2 aromatic rings. The molecule has 29 heavy (non-hydrogen) atoms. The van der Waals surface area contributed by atoms with Crippen LogP contribution in [0, 0.1) is 0 Å². The molecule has 1 heterocycles. The average molecular weight is 413 g/mol. The molecule has 0 unspecified atom stereocenters. The topological polar surface area (TPSA) is 90.9 Å². The van der Waals surface area contributed by atoms with E-state index < -0.39 is 17.1 Å². The number of thioether (sulfide) groups is 1. The molecule has 0 bridgehead atoms. The van der Waals surface area contributed by atoms with Gasteiger partial charge in [0.15, 0.2) is 11.5 Å². The number of imide groups is 1. The summed E-state index contributed by atoms with van der Waals surface area (Å²) >= 11 is 0.831. The Hall–Kier alpha value is -3.26. The summed E-state index contributed by atoms with van der Waals surface area (Å²) in [6.07, 6.45) is 1.62. The number of nitrogens with one attached hydrogen (secondary N) is 1. The maximum Gasteiger partial charge on any atom is 0.315 e. The van der Waals surface area contributed by atoms with Crippen LogP contribution in [0.15, 0.2) is 47.4 Å². The minimum absolute atomic E-state index is 0.0420. The number of esters is 1. The van der Waals surface area contributed by atoms with Crippen LogP contribution in [0.1, 0.15) is 18.1 Å². The Morgan fingerprint density at radius 1 is 1.10 bits per heavy atom. The van der Waals surface area contributed by atoms with E-state index in [0.29, 0.717) is 34.1 Å². The lowest BCUT2D eigenvalue weighted by Crippen LogP contribution is -2.17. The van der Waals surface area contributed by atoms with Gasteiger partial charge in [0, 0.05) is 5.56 Å². The Kier molecular flexibility index (Phi) is 6.56. The molecule has 1 aliphatic rings. The molecule has 1 aliphatic heterocycles. The Bertz CT molecular complexity index is 985. The number of carbonyl (C=O) groups excluding carboxylic acids is 3. The summed E-state index contributed by atoms with van der Waals surface area (Å²) in [6, 6.07) is 12.1. The van der Waals surface area contributed by atoms with E-state index >= 15 is 0 Å². The predicted molar refractivity (Wildman–Crippen MR) is 109 cm³/mol. The lowest BCUT2D eigenvalue weighted by atomic mass is 10.1. The first-order chi connectivity index (χ1) is 14.0. The summed E-state index contributed by atoms with van der Waals surface area (Å²) in [5, 5.41) is 1.79. The summed E-state index contributed by atoms with van der Waals surface area (Å²) in [4.78, 5) is 35.7. The third-order valence-corrected chi connectivity index (χ3v) is 4.77. The Morgan fingerprint density at radius 2 is 1.90 bits per heavy atom. The number of rotatable bonds is 7. The monoisotopic (exact) mass is 413 g/mol. The minimum Gasteiger partial charge on any atom is -0.496 e. The van der Waals surface area contributed by atoms with Gasteiger partial charge in [-0.1, -0.05) is 24.3 Å². The first kappa shape index (κ1) is 20.5. The first-order valence-electron chi connectivity index (χ1n) is 8.84. The van der Waals surface area contributed by atoms with Crippen LogP contribution in [-0.4, -0.2) is 30.8 Å². The molecule has 0 aliphatic carbocycles. The molecule has 0 atom stereocenters. The van der Waals surface area contributed by atoms with Gasteiger partial charge < -0.3 is 14.2 Å². The fraction of sp³-hybridized carbons (Fsp3) is 0.190. The summed E-state index contributed by atoms with van der Waals surface area (Å²) in [5.74, 6) is 0.347. The number of benzene rings is 2. The van der Waals surface area contributed by atoms with Crippen molar-refractivity contribution in [3.8, 4) is 17.2 Å². The molecule has 2 amide bonds. The molecule has 1 N–H and O–H groups in total. The molecule has 0 radical (unpaired) electrons. The van der Waals surface area contributed by atoms with Crippen molar-refractivity contribution in [1.82, 2.24) is 5.32 Å². The predicted octanol–water partition coefficient (Wildman–Crippen LogP) is 3.57. The third-order valence-electron chi connectivity index (χ3n) is 3.96. The average Bonchev–Trinajstić information content (AvgIpc) is 3.01. The van der Waals surface area contributed by atoms with Crippen molar-refractivity contribution in [2.75, 3.05) is 13.7 Å². The van der Waals surface area contributed by atoms with E-state index in [2.05, 4.69) is 5.32 Å². The Morgan fingerprint density at radius 3 is 2.59 bits per heavy atom. The molecule has 0 aromatic heterocycles. The van der Waals surface area contributed by atoms with Crippen LogP contribution >= 0.6 is 11.8 Å². The van der Waals surface area contributed by atoms with Crippen molar-refractivity contribution >= 4 is 35.0 Å². The van der Waals surface area contributed by atoms with E-state index in [1.165, 1.54) is 0 Å². The lowest BCUT2D eigenvalue weighted by Gasteiger charge is -2.12. The summed E-state index contributed by atoms with van der Waals surface area (Å²) in [7, 11) is 1.54. The second kappa shape index (κ2) is 9.29. The molecule has 7 nitrogen and oxygen atoms in total. The zero-order valence-corrected chi connectivity index (χ0v) is 16.7. The number of amides is 2. The number of ether oxygens (including phenoxy) is 3. The van der Waals surface area contributed by atoms with Crippen molar-refractivity contribution in [2.24, 2.45) is 0 Å². The highest BCUT2D eigenvalue weighted by Crippen LogP contribution is 2.32. The van der Waals surface area contributed by atoms with Crippen LogP contribution in [0.3, 0.4) is 0 Å². The highest BCUT2D eigenvalue weighted by Gasteiger charge is 2.25. The van der Waals surface area contributed by atoms with E-state index in [1.807, 2.05) is 19.1 Å². The van der Waals surface area contributed by atoms with E-state index in [1.54, 1.807) is 43.5 Å². The summed E-state index contributed by atoms with van der Waals surface area (Å²) < 4.78 is 16.3. The van der Waals surface area contributed by atoms with Crippen LogP contribution in [0.4, 0.5) is 4.79 Å². The number of para-hydroxylation sites is 1. The van der Waals surface area contributed by atoms with Crippen LogP contribution in [-0.2, 0) is 16.0 Å². The Labute approximate surface area is 172 Å². The molecular weight excluding hydrogens is 394 g/mol. The maximum atomic E-state index is 12.4. The highest BCUT2D eigenvalue weighted by molar-refractivity contribution is 8.18. The van der Waals surface area contributed by atoms with Crippen molar-refractivity contribution in [1.29, 1.82) is 0 Å². The third kappa shape index (κ3) is 5.17. The molecule has 150 valence electrons. The minimum atomic E-state index is -0.460. The van der Waals surface area contributed by atoms with Crippen molar-refractivity contribution in [2.45, 2.75) is 13.3 Å². The standard InChI is InChI=1S/C21H19NO6S/c1-3-27-17-10-13(11-18-20(24)22-21(25)29-18)8-9-16(17)28-19(23)12-14-6-4-5-7-15(14)26-2/h4-11H,3,12H2,1-2H3,(H,22,24,25). The highest BCUT2D eigenvalue weighted by atomic mass is 32.2. The SMILES string of the molecule is CCOc1cc(C=C2SC(=O)NC2=O)ccc1OC(=O)Cc1ccccc1OC. The smallest absolute Gasteiger partial charge is 0.315 e. The van der Waals surface area contributed by atoms with E-state index in [0.717, 1.165) is 11.8 Å². The number of hydrogen-bond acceptors (Lipinski definition) is 7. The fourth-order valence-corrected chi connectivity index (χ4v) is 3.38. The number of carbonyl (C=O) groups is 3. The van der Waals surface area contributed by atoms with Crippen LogP contribution in [0.2, 0.25) is 0 Å². The normalized spacial score (nSPS) is 14.6. The molecule has 2 aromatic carbocycles. The second-order valence-corrected chi connectivity index (χ2v) is 6.97. The van der Waals surface area contributed by atoms with Crippen LogP contribution < -0.4 is 19.5 Å². The van der Waals surface area contributed by atoms with Gasteiger partial charge in [0.05, 0.1) is 25.0 Å². The second-order valence-electron chi connectivity index (χ2n) is 5.95. The lowest BCUT2D eigenvalue weighted by molar-refractivity contribution is -0.133. The van der Waals surface area contributed by atoms with Gasteiger partial charge in [-0.2, -0.15) is 0 Å². The van der Waals surface area contributed by atoms with Crippen molar-refractivity contribution in [3.63, 3.8) is 0 Å². The van der Waals surface area contributed by atoms with Gasteiger partial charge in [0.1, 0.15) is 5.75 Å². The largest absolute Gasteiger partial charge is 0.496 e. The van der Waals surface area contributed by atoms with Crippen molar-refractivity contribution in [3.05, 3.63) is 58.5 Å². The fourth-order valence-electron chi connectivity index (χ4n) is 2.70. The van der Waals surface area contributed by atoms with E-state index in [-0.39, 0.29) is 12.2 Å². The van der Waals surface area contributed by atoms with Gasteiger partial charge in [-0.3, -0.25) is 19.7 Å². The van der Waals surface area contributed by atoms with Gasteiger partial charge in [-0.25, -0.2) is 0 Å². The molecule has 8 heteroatoms. The van der Waals surface area contributed by atoms with E-state index in [4.69, 9.17) is 14.2 Å².